The molecule has 1 saturated heterocycles. The van der Waals surface area contributed by atoms with Crippen molar-refractivity contribution in [1.29, 1.82) is 0 Å². The van der Waals surface area contributed by atoms with Crippen LogP contribution in [-0.2, 0) is 0 Å². The van der Waals surface area contributed by atoms with Crippen molar-refractivity contribution in [2.75, 3.05) is 31.5 Å². The van der Waals surface area contributed by atoms with Crippen LogP contribution in [0.3, 0.4) is 0 Å². The number of hydrogen-bond donors (Lipinski definition) is 1. The van der Waals surface area contributed by atoms with Gasteiger partial charge in [0.15, 0.2) is 0 Å². The molecule has 1 aliphatic rings. The van der Waals surface area contributed by atoms with Gasteiger partial charge in [0.25, 0.3) is 0 Å². The molecular formula is C12H16ClF3N4. The molecule has 0 spiro atoms. The second-order valence-electron chi connectivity index (χ2n) is 4.94. The standard InChI is InChI=1S/C12H16ClF3N4/c13-10-6-17-7-11(19-10)18-5-9-1-3-20(4-2-9)8-12(14,15)16/h6-7,9H,1-5,8H2,(H,18,19). The molecular weight excluding hydrogens is 293 g/mol. The fraction of sp³-hybridized carbons (Fsp3) is 0.667. The molecule has 0 atom stereocenters. The molecule has 0 aliphatic carbocycles. The topological polar surface area (TPSA) is 41.0 Å². The number of halogens is 4. The number of hydrogen-bond acceptors (Lipinski definition) is 4. The lowest BCUT2D eigenvalue weighted by atomic mass is 9.97. The molecule has 0 saturated carbocycles. The number of nitrogens with one attached hydrogen (secondary N) is 1. The molecule has 0 amide bonds. The highest BCUT2D eigenvalue weighted by molar-refractivity contribution is 6.29. The lowest BCUT2D eigenvalue weighted by Gasteiger charge is -2.32. The Kier molecular flexibility index (Phi) is 5.04. The van der Waals surface area contributed by atoms with Crippen molar-refractivity contribution < 1.29 is 13.2 Å². The van der Waals surface area contributed by atoms with E-state index in [0.717, 1.165) is 12.8 Å². The molecule has 1 fully saturated rings. The Morgan fingerprint density at radius 1 is 1.30 bits per heavy atom. The van der Waals surface area contributed by atoms with E-state index in [1.54, 1.807) is 6.20 Å². The van der Waals surface area contributed by atoms with Crippen molar-refractivity contribution in [1.82, 2.24) is 14.9 Å². The molecule has 1 aromatic rings. The number of likely N-dealkylation sites (tertiary alicyclic amines) is 1. The monoisotopic (exact) mass is 308 g/mol. The van der Waals surface area contributed by atoms with Gasteiger partial charge in [-0.2, -0.15) is 13.2 Å². The van der Waals surface area contributed by atoms with Crippen molar-refractivity contribution >= 4 is 17.4 Å². The zero-order valence-electron chi connectivity index (χ0n) is 10.8. The van der Waals surface area contributed by atoms with E-state index < -0.39 is 12.7 Å². The summed E-state index contributed by atoms with van der Waals surface area (Å²) in [6, 6.07) is 0. The summed E-state index contributed by atoms with van der Waals surface area (Å²) in [5.74, 6) is 0.940. The van der Waals surface area contributed by atoms with Crippen molar-refractivity contribution in [3.8, 4) is 0 Å². The van der Waals surface area contributed by atoms with E-state index in [1.165, 1.54) is 11.1 Å². The minimum atomic E-state index is -4.11. The van der Waals surface area contributed by atoms with Crippen molar-refractivity contribution in [2.45, 2.75) is 19.0 Å². The van der Waals surface area contributed by atoms with E-state index in [9.17, 15) is 13.2 Å². The molecule has 20 heavy (non-hydrogen) atoms. The van der Waals surface area contributed by atoms with Crippen LogP contribution in [0.2, 0.25) is 5.15 Å². The lowest BCUT2D eigenvalue weighted by Crippen LogP contribution is -2.41. The van der Waals surface area contributed by atoms with Gasteiger partial charge < -0.3 is 5.32 Å². The van der Waals surface area contributed by atoms with E-state index in [2.05, 4.69) is 15.3 Å². The number of aromatic nitrogens is 2. The Morgan fingerprint density at radius 3 is 2.60 bits per heavy atom. The maximum atomic E-state index is 12.3. The molecule has 1 aliphatic heterocycles. The minimum absolute atomic E-state index is 0.315. The average molecular weight is 309 g/mol. The molecule has 2 heterocycles. The zero-order valence-corrected chi connectivity index (χ0v) is 11.6. The average Bonchev–Trinajstić information content (AvgIpc) is 2.36. The van der Waals surface area contributed by atoms with Gasteiger partial charge in [-0.05, 0) is 31.8 Å². The molecule has 1 N–H and O–H groups in total. The third-order valence-corrected chi connectivity index (χ3v) is 3.47. The van der Waals surface area contributed by atoms with Gasteiger partial charge in [0.1, 0.15) is 11.0 Å². The fourth-order valence-corrected chi connectivity index (χ4v) is 2.43. The summed E-state index contributed by atoms with van der Waals surface area (Å²) in [6.45, 7) is 0.821. The minimum Gasteiger partial charge on any atom is -0.368 e. The van der Waals surface area contributed by atoms with Gasteiger partial charge in [0.2, 0.25) is 0 Å². The highest BCUT2D eigenvalue weighted by Gasteiger charge is 2.32. The van der Waals surface area contributed by atoms with E-state index in [-0.39, 0.29) is 0 Å². The van der Waals surface area contributed by atoms with Crippen LogP contribution >= 0.6 is 11.6 Å². The first kappa shape index (κ1) is 15.3. The van der Waals surface area contributed by atoms with Crippen molar-refractivity contribution in [3.63, 3.8) is 0 Å². The van der Waals surface area contributed by atoms with Crippen LogP contribution < -0.4 is 5.32 Å². The molecule has 0 aromatic carbocycles. The summed E-state index contributed by atoms with van der Waals surface area (Å²) in [5, 5.41) is 3.43. The Balaban J connectivity index is 1.72. The summed E-state index contributed by atoms with van der Waals surface area (Å²) in [7, 11) is 0. The Morgan fingerprint density at radius 2 is 2.00 bits per heavy atom. The number of anilines is 1. The largest absolute Gasteiger partial charge is 0.401 e. The third kappa shape index (κ3) is 5.13. The van der Waals surface area contributed by atoms with Crippen LogP contribution in [0.15, 0.2) is 12.4 Å². The Labute approximate surface area is 120 Å². The van der Waals surface area contributed by atoms with Gasteiger partial charge in [-0.1, -0.05) is 11.6 Å². The SMILES string of the molecule is FC(F)(F)CN1CCC(CNc2cncc(Cl)n2)CC1. The Hall–Kier alpha value is -1.08. The number of rotatable bonds is 4. The van der Waals surface area contributed by atoms with Gasteiger partial charge in [-0.15, -0.1) is 0 Å². The molecule has 0 bridgehead atoms. The number of piperidine rings is 1. The van der Waals surface area contributed by atoms with Crippen LogP contribution in [0.1, 0.15) is 12.8 Å². The second kappa shape index (κ2) is 6.58. The van der Waals surface area contributed by atoms with Crippen molar-refractivity contribution in [3.05, 3.63) is 17.5 Å². The molecule has 1 aromatic heterocycles. The van der Waals surface area contributed by atoms with Gasteiger partial charge in [0, 0.05) is 6.54 Å². The summed E-state index contributed by atoms with van der Waals surface area (Å²) >= 11 is 5.72. The first-order valence-electron chi connectivity index (χ1n) is 6.43. The van der Waals surface area contributed by atoms with Crippen molar-refractivity contribution in [2.24, 2.45) is 5.92 Å². The first-order valence-corrected chi connectivity index (χ1v) is 6.81. The summed E-state index contributed by atoms with van der Waals surface area (Å²) in [6.07, 6.45) is 0.405. The van der Waals surface area contributed by atoms with Crippen LogP contribution in [-0.4, -0.2) is 47.2 Å². The lowest BCUT2D eigenvalue weighted by molar-refractivity contribution is -0.148. The predicted octanol–water partition coefficient (Wildman–Crippen LogP) is 2.82. The quantitative estimate of drug-likeness (QED) is 0.928. The van der Waals surface area contributed by atoms with E-state index in [4.69, 9.17) is 11.6 Å². The molecule has 8 heteroatoms. The van der Waals surface area contributed by atoms with E-state index in [0.29, 0.717) is 36.5 Å². The maximum absolute atomic E-state index is 12.3. The predicted molar refractivity (Wildman–Crippen MR) is 70.8 cm³/mol. The molecule has 0 unspecified atom stereocenters. The molecule has 4 nitrogen and oxygen atoms in total. The molecule has 2 rings (SSSR count). The Bertz CT molecular complexity index is 433. The normalized spacial score (nSPS) is 18.2. The summed E-state index contributed by atoms with van der Waals surface area (Å²) < 4.78 is 36.8. The van der Waals surface area contributed by atoms with Crippen LogP contribution in [0.5, 0.6) is 0 Å². The molecule has 112 valence electrons. The van der Waals surface area contributed by atoms with Crippen LogP contribution in [0.4, 0.5) is 19.0 Å². The zero-order chi connectivity index (χ0) is 14.6. The van der Waals surface area contributed by atoms with Gasteiger partial charge in [-0.25, -0.2) is 4.98 Å². The highest BCUT2D eigenvalue weighted by Crippen LogP contribution is 2.22. The van der Waals surface area contributed by atoms with Crippen LogP contribution in [0.25, 0.3) is 0 Å². The van der Waals surface area contributed by atoms with Gasteiger partial charge in [0.05, 0.1) is 18.9 Å². The smallest absolute Gasteiger partial charge is 0.368 e. The van der Waals surface area contributed by atoms with E-state index >= 15 is 0 Å². The number of nitrogens with zero attached hydrogens (tertiary/aromatic N) is 3. The van der Waals surface area contributed by atoms with Gasteiger partial charge in [-0.3, -0.25) is 9.88 Å². The fourth-order valence-electron chi connectivity index (χ4n) is 2.28. The number of alkyl halides is 3. The van der Waals surface area contributed by atoms with E-state index in [1.807, 2.05) is 0 Å². The van der Waals surface area contributed by atoms with Gasteiger partial charge >= 0.3 is 6.18 Å². The summed E-state index contributed by atoms with van der Waals surface area (Å²) in [4.78, 5) is 9.42. The molecule has 0 radical (unpaired) electrons. The maximum Gasteiger partial charge on any atom is 0.401 e. The first-order chi connectivity index (χ1) is 9.42. The van der Waals surface area contributed by atoms with Crippen LogP contribution in [0, 0.1) is 5.92 Å². The second-order valence-corrected chi connectivity index (χ2v) is 5.33. The highest BCUT2D eigenvalue weighted by atomic mass is 35.5. The third-order valence-electron chi connectivity index (χ3n) is 3.29. The summed E-state index contributed by atoms with van der Waals surface area (Å²) in [5.41, 5.74) is 0.